The van der Waals surface area contributed by atoms with Crippen LogP contribution in [0.5, 0.6) is 0 Å². The maximum atomic E-state index is 12.4. The van der Waals surface area contributed by atoms with Gasteiger partial charge in [0.1, 0.15) is 5.69 Å². The van der Waals surface area contributed by atoms with Crippen LogP contribution in [0.15, 0.2) is 22.8 Å². The van der Waals surface area contributed by atoms with Crippen molar-refractivity contribution in [1.82, 2.24) is 14.8 Å². The van der Waals surface area contributed by atoms with E-state index in [1.165, 1.54) is 0 Å². The van der Waals surface area contributed by atoms with E-state index in [9.17, 15) is 4.79 Å². The SMILES string of the molecule is CCN(CC)C1CCN(C(=O)c2ncccc2Br)C1. The maximum absolute atomic E-state index is 12.4. The van der Waals surface area contributed by atoms with E-state index in [0.29, 0.717) is 11.7 Å². The molecule has 4 nitrogen and oxygen atoms in total. The number of halogens is 1. The molecular weight excluding hydrogens is 306 g/mol. The van der Waals surface area contributed by atoms with Crippen molar-refractivity contribution in [3.05, 3.63) is 28.5 Å². The number of hydrogen-bond acceptors (Lipinski definition) is 3. The van der Waals surface area contributed by atoms with Gasteiger partial charge in [-0.3, -0.25) is 9.69 Å². The summed E-state index contributed by atoms with van der Waals surface area (Å²) in [7, 11) is 0. The first kappa shape index (κ1) is 14.5. The van der Waals surface area contributed by atoms with Crippen molar-refractivity contribution in [3.63, 3.8) is 0 Å². The fraction of sp³-hybridized carbons (Fsp3) is 0.571. The van der Waals surface area contributed by atoms with Crippen molar-refractivity contribution < 1.29 is 4.79 Å². The van der Waals surface area contributed by atoms with Gasteiger partial charge in [0.25, 0.3) is 5.91 Å². The van der Waals surface area contributed by atoms with Crippen LogP contribution in [0, 0.1) is 0 Å². The minimum atomic E-state index is 0.0298. The molecule has 0 aliphatic carbocycles. The molecule has 0 saturated carbocycles. The zero-order chi connectivity index (χ0) is 13.8. The van der Waals surface area contributed by atoms with Gasteiger partial charge in [-0.25, -0.2) is 4.98 Å². The van der Waals surface area contributed by atoms with Crippen molar-refractivity contribution in [1.29, 1.82) is 0 Å². The molecule has 0 bridgehead atoms. The van der Waals surface area contributed by atoms with Gasteiger partial charge in [-0.15, -0.1) is 0 Å². The molecule has 0 radical (unpaired) electrons. The summed E-state index contributed by atoms with van der Waals surface area (Å²) in [5, 5.41) is 0. The molecule has 2 rings (SSSR count). The van der Waals surface area contributed by atoms with Gasteiger partial charge < -0.3 is 4.90 Å². The van der Waals surface area contributed by atoms with E-state index < -0.39 is 0 Å². The molecule has 1 atom stereocenters. The Hall–Kier alpha value is -0.940. The van der Waals surface area contributed by atoms with Crippen molar-refractivity contribution in [2.24, 2.45) is 0 Å². The van der Waals surface area contributed by atoms with E-state index >= 15 is 0 Å². The molecule has 1 aromatic heterocycles. The van der Waals surface area contributed by atoms with Gasteiger partial charge >= 0.3 is 0 Å². The largest absolute Gasteiger partial charge is 0.336 e. The van der Waals surface area contributed by atoms with Crippen LogP contribution >= 0.6 is 15.9 Å². The van der Waals surface area contributed by atoms with E-state index in [0.717, 1.165) is 37.1 Å². The molecule has 1 aliphatic rings. The minimum Gasteiger partial charge on any atom is -0.336 e. The van der Waals surface area contributed by atoms with E-state index in [1.54, 1.807) is 6.20 Å². The Morgan fingerprint density at radius 3 is 2.89 bits per heavy atom. The van der Waals surface area contributed by atoms with Gasteiger partial charge in [0.2, 0.25) is 0 Å². The Balaban J connectivity index is 2.05. The number of likely N-dealkylation sites (N-methyl/N-ethyl adjacent to an activating group) is 1. The summed E-state index contributed by atoms with van der Waals surface area (Å²) >= 11 is 3.39. The number of aromatic nitrogens is 1. The second-order valence-electron chi connectivity index (χ2n) is 4.75. The highest BCUT2D eigenvalue weighted by Crippen LogP contribution is 2.20. The molecule has 2 heterocycles. The number of nitrogens with zero attached hydrogens (tertiary/aromatic N) is 3. The predicted molar refractivity (Wildman–Crippen MR) is 79.2 cm³/mol. The lowest BCUT2D eigenvalue weighted by atomic mass is 10.2. The molecule has 1 saturated heterocycles. The van der Waals surface area contributed by atoms with Crippen LogP contribution < -0.4 is 0 Å². The molecule has 1 unspecified atom stereocenters. The summed E-state index contributed by atoms with van der Waals surface area (Å²) in [6, 6.07) is 4.17. The fourth-order valence-corrected chi connectivity index (χ4v) is 3.08. The van der Waals surface area contributed by atoms with Gasteiger partial charge in [-0.2, -0.15) is 0 Å². The van der Waals surface area contributed by atoms with E-state index in [4.69, 9.17) is 0 Å². The van der Waals surface area contributed by atoms with Crippen molar-refractivity contribution in [2.45, 2.75) is 26.3 Å². The zero-order valence-electron chi connectivity index (χ0n) is 11.5. The molecule has 19 heavy (non-hydrogen) atoms. The Kier molecular flexibility index (Phi) is 4.93. The standard InChI is InChI=1S/C14H20BrN3O/c1-3-17(4-2)11-7-9-18(10-11)14(19)13-12(15)6-5-8-16-13/h5-6,8,11H,3-4,7,9-10H2,1-2H3. The minimum absolute atomic E-state index is 0.0298. The lowest BCUT2D eigenvalue weighted by Gasteiger charge is -2.26. The molecule has 0 N–H and O–H groups in total. The number of rotatable bonds is 4. The lowest BCUT2D eigenvalue weighted by Crippen LogP contribution is -2.38. The average Bonchev–Trinajstić information content (AvgIpc) is 2.90. The number of amides is 1. The third-order valence-electron chi connectivity index (χ3n) is 3.74. The number of pyridine rings is 1. The lowest BCUT2D eigenvalue weighted by molar-refractivity contribution is 0.0771. The van der Waals surface area contributed by atoms with E-state index in [-0.39, 0.29) is 5.91 Å². The first-order chi connectivity index (χ1) is 9.17. The topological polar surface area (TPSA) is 36.4 Å². The highest BCUT2D eigenvalue weighted by atomic mass is 79.9. The van der Waals surface area contributed by atoms with Crippen LogP contribution in [-0.4, -0.2) is 52.9 Å². The van der Waals surface area contributed by atoms with Gasteiger partial charge in [0.05, 0.1) is 0 Å². The summed E-state index contributed by atoms with van der Waals surface area (Å²) in [5.74, 6) is 0.0298. The summed E-state index contributed by atoms with van der Waals surface area (Å²) in [4.78, 5) is 20.9. The number of carbonyl (C=O) groups excluding carboxylic acids is 1. The first-order valence-electron chi connectivity index (χ1n) is 6.81. The molecule has 5 heteroatoms. The molecule has 0 aromatic carbocycles. The van der Waals surface area contributed by atoms with Crippen LogP contribution in [-0.2, 0) is 0 Å². The predicted octanol–water partition coefficient (Wildman–Crippen LogP) is 2.40. The van der Waals surface area contributed by atoms with E-state index in [1.807, 2.05) is 17.0 Å². The third kappa shape index (κ3) is 3.15. The Bertz CT molecular complexity index is 448. The molecular formula is C14H20BrN3O. The summed E-state index contributed by atoms with van der Waals surface area (Å²) in [6.07, 6.45) is 2.72. The second-order valence-corrected chi connectivity index (χ2v) is 5.60. The second kappa shape index (κ2) is 6.48. The molecule has 0 spiro atoms. The van der Waals surface area contributed by atoms with Crippen LogP contribution in [0.2, 0.25) is 0 Å². The molecule has 1 amide bonds. The summed E-state index contributed by atoms with van der Waals surface area (Å²) in [5.41, 5.74) is 0.516. The molecule has 104 valence electrons. The number of likely N-dealkylation sites (tertiary alicyclic amines) is 1. The fourth-order valence-electron chi connectivity index (χ4n) is 2.66. The quantitative estimate of drug-likeness (QED) is 0.852. The smallest absolute Gasteiger partial charge is 0.273 e. The highest BCUT2D eigenvalue weighted by Gasteiger charge is 2.30. The Morgan fingerprint density at radius 2 is 2.26 bits per heavy atom. The van der Waals surface area contributed by atoms with Crippen LogP contribution in [0.1, 0.15) is 30.8 Å². The Labute approximate surface area is 122 Å². The summed E-state index contributed by atoms with van der Waals surface area (Å²) < 4.78 is 0.770. The first-order valence-corrected chi connectivity index (χ1v) is 7.60. The van der Waals surface area contributed by atoms with Crippen molar-refractivity contribution in [2.75, 3.05) is 26.2 Å². The average molecular weight is 326 g/mol. The van der Waals surface area contributed by atoms with Crippen molar-refractivity contribution >= 4 is 21.8 Å². The van der Waals surface area contributed by atoms with Gasteiger partial charge in [-0.05, 0) is 47.6 Å². The van der Waals surface area contributed by atoms with Crippen molar-refractivity contribution in [3.8, 4) is 0 Å². The van der Waals surface area contributed by atoms with E-state index in [2.05, 4.69) is 39.7 Å². The maximum Gasteiger partial charge on any atom is 0.273 e. The highest BCUT2D eigenvalue weighted by molar-refractivity contribution is 9.10. The number of hydrogen-bond donors (Lipinski definition) is 0. The third-order valence-corrected chi connectivity index (χ3v) is 4.38. The normalized spacial score (nSPS) is 19.2. The number of carbonyl (C=O) groups is 1. The monoisotopic (exact) mass is 325 g/mol. The van der Waals surface area contributed by atoms with Crippen LogP contribution in [0.25, 0.3) is 0 Å². The molecule has 1 fully saturated rings. The van der Waals surface area contributed by atoms with Gasteiger partial charge in [-0.1, -0.05) is 13.8 Å². The molecule has 1 aliphatic heterocycles. The Morgan fingerprint density at radius 1 is 1.53 bits per heavy atom. The van der Waals surface area contributed by atoms with Gasteiger partial charge in [0, 0.05) is 29.8 Å². The summed E-state index contributed by atoms with van der Waals surface area (Å²) in [6.45, 7) is 8.05. The van der Waals surface area contributed by atoms with Gasteiger partial charge in [0.15, 0.2) is 0 Å². The zero-order valence-corrected chi connectivity index (χ0v) is 13.1. The van der Waals surface area contributed by atoms with Crippen LogP contribution in [0.4, 0.5) is 0 Å². The van der Waals surface area contributed by atoms with Crippen LogP contribution in [0.3, 0.4) is 0 Å². The molecule has 1 aromatic rings.